The Kier molecular flexibility index (Phi) is 4.67. The number of benzene rings is 1. The number of amides is 1. The third-order valence-electron chi connectivity index (χ3n) is 3.46. The van der Waals surface area contributed by atoms with Gasteiger partial charge in [-0.3, -0.25) is 4.79 Å². The van der Waals surface area contributed by atoms with Gasteiger partial charge in [-0.2, -0.15) is 13.2 Å². The summed E-state index contributed by atoms with van der Waals surface area (Å²) < 4.78 is 39.4. The molecular weight excluding hydrogens is 349 g/mol. The molecule has 1 amide bonds. The highest BCUT2D eigenvalue weighted by Crippen LogP contribution is 2.30. The minimum atomic E-state index is -4.57. The van der Waals surface area contributed by atoms with Gasteiger partial charge in [0.15, 0.2) is 5.69 Å². The second kappa shape index (κ2) is 6.92. The van der Waals surface area contributed by atoms with Gasteiger partial charge in [0, 0.05) is 12.2 Å². The molecule has 2 heterocycles. The Morgan fingerprint density at radius 2 is 1.88 bits per heavy atom. The number of carbonyl (C=O) groups excluding carboxylic acids is 1. The summed E-state index contributed by atoms with van der Waals surface area (Å²) in [5, 5.41) is 9.36. The smallest absolute Gasteiger partial charge is 0.325 e. The van der Waals surface area contributed by atoms with E-state index < -0.39 is 17.8 Å². The number of rotatable bonds is 4. The van der Waals surface area contributed by atoms with Gasteiger partial charge in [0.05, 0.1) is 17.6 Å². The maximum atomic E-state index is 12.9. The zero-order valence-electron chi connectivity index (χ0n) is 13.2. The van der Waals surface area contributed by atoms with E-state index in [2.05, 4.69) is 20.6 Å². The van der Waals surface area contributed by atoms with Gasteiger partial charge >= 0.3 is 6.18 Å². The van der Waals surface area contributed by atoms with E-state index in [9.17, 15) is 18.0 Å². The van der Waals surface area contributed by atoms with Crippen LogP contribution >= 0.6 is 0 Å². The van der Waals surface area contributed by atoms with Crippen molar-refractivity contribution in [2.45, 2.75) is 12.7 Å². The van der Waals surface area contributed by atoms with Crippen LogP contribution < -0.4 is 11.1 Å². The molecule has 0 aliphatic carbocycles. The molecule has 0 atom stereocenters. The first-order valence-electron chi connectivity index (χ1n) is 7.44. The molecule has 0 saturated carbocycles. The van der Waals surface area contributed by atoms with Crippen LogP contribution in [0.1, 0.15) is 21.9 Å². The number of nitrogens with zero attached hydrogens (tertiary/aromatic N) is 4. The van der Waals surface area contributed by atoms with Crippen LogP contribution in [0.3, 0.4) is 0 Å². The van der Waals surface area contributed by atoms with Gasteiger partial charge in [0.25, 0.3) is 5.91 Å². The molecule has 7 nitrogen and oxygen atoms in total. The topological polar surface area (TPSA) is 98.7 Å². The molecule has 134 valence electrons. The number of alkyl halides is 3. The normalized spacial score (nSPS) is 11.4. The maximum absolute atomic E-state index is 12.9. The van der Waals surface area contributed by atoms with Gasteiger partial charge in [-0.25, -0.2) is 9.67 Å². The Morgan fingerprint density at radius 1 is 1.15 bits per heavy atom. The molecule has 0 spiro atoms. The number of halogens is 3. The second-order valence-corrected chi connectivity index (χ2v) is 5.25. The van der Waals surface area contributed by atoms with Crippen molar-refractivity contribution in [3.05, 3.63) is 65.7 Å². The average Bonchev–Trinajstić information content (AvgIpc) is 3.12. The number of carbonyl (C=O) groups is 1. The standard InChI is InChI=1S/C16H13F3N6O/c17-16(18,19)14-9-21-24-25(14)12-6-4-10(5-7-12)23-15(26)13-3-1-2-11(8-20)22-13/h1-7,9H,8,20H2,(H,23,26). The SMILES string of the molecule is NCc1cccc(C(=O)Nc2ccc(-n3nncc3C(F)(F)F)cc2)n1. The number of nitrogens with two attached hydrogens (primary N) is 1. The Morgan fingerprint density at radius 3 is 2.54 bits per heavy atom. The Hall–Kier alpha value is -3.27. The van der Waals surface area contributed by atoms with Gasteiger partial charge in [-0.05, 0) is 36.4 Å². The highest BCUT2D eigenvalue weighted by atomic mass is 19.4. The van der Waals surface area contributed by atoms with Gasteiger partial charge < -0.3 is 11.1 Å². The Labute approximate surface area is 145 Å². The molecule has 0 bridgehead atoms. The first-order valence-corrected chi connectivity index (χ1v) is 7.44. The first kappa shape index (κ1) is 17.5. The van der Waals surface area contributed by atoms with E-state index in [1.54, 1.807) is 12.1 Å². The molecule has 1 aromatic carbocycles. The van der Waals surface area contributed by atoms with Gasteiger partial charge in [-0.15, -0.1) is 5.10 Å². The van der Waals surface area contributed by atoms with Crippen LogP contribution in [-0.2, 0) is 12.7 Å². The summed E-state index contributed by atoms with van der Waals surface area (Å²) in [6.07, 6.45) is -3.93. The molecule has 0 aliphatic rings. The number of anilines is 1. The van der Waals surface area contributed by atoms with E-state index in [-0.39, 0.29) is 17.9 Å². The van der Waals surface area contributed by atoms with Crippen LogP contribution in [0.2, 0.25) is 0 Å². The third kappa shape index (κ3) is 3.70. The predicted molar refractivity (Wildman–Crippen MR) is 86.4 cm³/mol. The van der Waals surface area contributed by atoms with Crippen molar-refractivity contribution in [2.75, 3.05) is 5.32 Å². The summed E-state index contributed by atoms with van der Waals surface area (Å²) in [6.45, 7) is 0.204. The highest BCUT2D eigenvalue weighted by Gasteiger charge is 2.36. The molecular formula is C16H13F3N6O. The molecule has 3 rings (SSSR count). The van der Waals surface area contributed by atoms with Crippen molar-refractivity contribution >= 4 is 11.6 Å². The number of aromatic nitrogens is 4. The van der Waals surface area contributed by atoms with Crippen LogP contribution in [0.15, 0.2) is 48.7 Å². The summed E-state index contributed by atoms with van der Waals surface area (Å²) in [5.74, 6) is -0.454. The largest absolute Gasteiger partial charge is 0.435 e. The second-order valence-electron chi connectivity index (χ2n) is 5.25. The summed E-state index contributed by atoms with van der Waals surface area (Å²) >= 11 is 0. The monoisotopic (exact) mass is 362 g/mol. The molecule has 26 heavy (non-hydrogen) atoms. The van der Waals surface area contributed by atoms with E-state index in [0.29, 0.717) is 22.3 Å². The number of nitrogens with one attached hydrogen (secondary N) is 1. The summed E-state index contributed by atoms with van der Waals surface area (Å²) in [4.78, 5) is 16.3. The van der Waals surface area contributed by atoms with E-state index in [0.717, 1.165) is 0 Å². The van der Waals surface area contributed by atoms with Gasteiger partial charge in [0.2, 0.25) is 0 Å². The molecule has 3 aromatic rings. The summed E-state index contributed by atoms with van der Waals surface area (Å²) in [5.41, 5.74) is 5.82. The van der Waals surface area contributed by atoms with Gasteiger partial charge in [0.1, 0.15) is 5.69 Å². The maximum Gasteiger partial charge on any atom is 0.435 e. The van der Waals surface area contributed by atoms with Gasteiger partial charge in [-0.1, -0.05) is 11.3 Å². The number of hydrogen-bond donors (Lipinski definition) is 2. The molecule has 0 saturated heterocycles. The molecule has 3 N–H and O–H groups in total. The summed E-state index contributed by atoms with van der Waals surface area (Å²) in [7, 11) is 0. The quantitative estimate of drug-likeness (QED) is 0.743. The first-order chi connectivity index (χ1) is 12.4. The van der Waals surface area contributed by atoms with Crippen molar-refractivity contribution < 1.29 is 18.0 Å². The summed E-state index contributed by atoms with van der Waals surface area (Å²) in [6, 6.07) is 10.6. The fourth-order valence-corrected chi connectivity index (χ4v) is 2.22. The van der Waals surface area contributed by atoms with Crippen molar-refractivity contribution in [1.29, 1.82) is 0 Å². The van der Waals surface area contributed by atoms with E-state index >= 15 is 0 Å². The van der Waals surface area contributed by atoms with Crippen molar-refractivity contribution in [3.63, 3.8) is 0 Å². The predicted octanol–water partition coefficient (Wildman–Crippen LogP) is 2.39. The zero-order valence-corrected chi connectivity index (χ0v) is 13.2. The average molecular weight is 362 g/mol. The molecule has 10 heteroatoms. The van der Waals surface area contributed by atoms with Crippen molar-refractivity contribution in [2.24, 2.45) is 5.73 Å². The third-order valence-corrected chi connectivity index (χ3v) is 3.46. The minimum Gasteiger partial charge on any atom is -0.325 e. The molecule has 0 radical (unpaired) electrons. The number of pyridine rings is 1. The lowest BCUT2D eigenvalue weighted by Crippen LogP contribution is -2.15. The Balaban J connectivity index is 1.78. The van der Waals surface area contributed by atoms with Crippen LogP contribution in [0.4, 0.5) is 18.9 Å². The minimum absolute atomic E-state index is 0.163. The number of hydrogen-bond acceptors (Lipinski definition) is 5. The molecule has 0 aliphatic heterocycles. The van der Waals surface area contributed by atoms with Crippen LogP contribution in [0.5, 0.6) is 0 Å². The lowest BCUT2D eigenvalue weighted by Gasteiger charge is -2.10. The Bertz CT molecular complexity index is 920. The fourth-order valence-electron chi connectivity index (χ4n) is 2.22. The molecule has 0 fully saturated rings. The van der Waals surface area contributed by atoms with Crippen LogP contribution in [0.25, 0.3) is 5.69 Å². The van der Waals surface area contributed by atoms with Crippen LogP contribution in [0, 0.1) is 0 Å². The zero-order chi connectivity index (χ0) is 18.7. The van der Waals surface area contributed by atoms with E-state index in [1.807, 2.05) is 0 Å². The molecule has 0 unspecified atom stereocenters. The molecule has 2 aromatic heterocycles. The lowest BCUT2D eigenvalue weighted by atomic mass is 10.2. The van der Waals surface area contributed by atoms with Crippen molar-refractivity contribution in [1.82, 2.24) is 20.0 Å². The fraction of sp³-hybridized carbons (Fsp3) is 0.125. The van der Waals surface area contributed by atoms with E-state index in [4.69, 9.17) is 5.73 Å². The van der Waals surface area contributed by atoms with Crippen molar-refractivity contribution in [3.8, 4) is 5.69 Å². The highest BCUT2D eigenvalue weighted by molar-refractivity contribution is 6.02. The lowest BCUT2D eigenvalue weighted by molar-refractivity contribution is -0.142. The van der Waals surface area contributed by atoms with E-state index in [1.165, 1.54) is 30.3 Å². The van der Waals surface area contributed by atoms with Crippen LogP contribution in [-0.4, -0.2) is 25.9 Å².